The lowest BCUT2D eigenvalue weighted by molar-refractivity contribution is 0.0465. The molecule has 1 atom stereocenters. The Morgan fingerprint density at radius 1 is 1.21 bits per heavy atom. The van der Waals surface area contributed by atoms with Crippen molar-refractivity contribution in [2.24, 2.45) is 0 Å². The Bertz CT molecular complexity index is 493. The Balaban J connectivity index is 1.94. The molecule has 0 saturated heterocycles. The minimum atomic E-state index is -0.338. The Morgan fingerprint density at radius 3 is 2.63 bits per heavy atom. The molecule has 0 unspecified atom stereocenters. The highest BCUT2D eigenvalue weighted by atomic mass is 16.5. The quantitative estimate of drug-likeness (QED) is 0.783. The third kappa shape index (κ3) is 3.69. The van der Waals surface area contributed by atoms with Gasteiger partial charge in [-0.3, -0.25) is 0 Å². The summed E-state index contributed by atoms with van der Waals surface area (Å²) in [5.41, 5.74) is 1.51. The Kier molecular flexibility index (Phi) is 4.75. The maximum atomic E-state index is 11.8. The van der Waals surface area contributed by atoms with Crippen molar-refractivity contribution in [3.63, 3.8) is 0 Å². The highest BCUT2D eigenvalue weighted by molar-refractivity contribution is 5.89. The molecule has 100 valence electrons. The van der Waals surface area contributed by atoms with Crippen molar-refractivity contribution < 1.29 is 14.6 Å². The van der Waals surface area contributed by atoms with Crippen molar-refractivity contribution >= 4 is 5.97 Å². The highest BCUT2D eigenvalue weighted by Gasteiger charge is 2.15. The molecule has 1 aromatic carbocycles. The van der Waals surface area contributed by atoms with Gasteiger partial charge in [-0.1, -0.05) is 18.2 Å². The maximum absolute atomic E-state index is 11.8. The van der Waals surface area contributed by atoms with Gasteiger partial charge in [-0.05, 0) is 30.7 Å². The van der Waals surface area contributed by atoms with Crippen LogP contribution in [0.15, 0.2) is 48.7 Å². The summed E-state index contributed by atoms with van der Waals surface area (Å²) in [5.74, 6) is -0.345. The van der Waals surface area contributed by atoms with Crippen LogP contribution in [-0.2, 0) is 4.74 Å². The topological polar surface area (TPSA) is 62.3 Å². The lowest BCUT2D eigenvalue weighted by Crippen LogP contribution is -2.14. The summed E-state index contributed by atoms with van der Waals surface area (Å²) in [7, 11) is 0. The summed E-state index contributed by atoms with van der Waals surface area (Å²) >= 11 is 0. The van der Waals surface area contributed by atoms with E-state index >= 15 is 0 Å². The first-order valence-corrected chi connectivity index (χ1v) is 6.27. The summed E-state index contributed by atoms with van der Waals surface area (Å²) in [6, 6.07) is 12.7. The first-order valence-electron chi connectivity index (χ1n) is 6.27. The summed E-state index contributed by atoms with van der Waals surface area (Å²) in [4.78, 5) is 14.9. The number of nitrogens with one attached hydrogen (secondary N) is 1. The zero-order valence-corrected chi connectivity index (χ0v) is 10.6. The number of aliphatic hydroxyl groups excluding tert-OH is 1. The van der Waals surface area contributed by atoms with E-state index in [1.807, 2.05) is 24.4 Å². The lowest BCUT2D eigenvalue weighted by Gasteiger charge is -2.14. The Labute approximate surface area is 112 Å². The van der Waals surface area contributed by atoms with Gasteiger partial charge >= 0.3 is 5.97 Å². The Morgan fingerprint density at radius 2 is 2.00 bits per heavy atom. The van der Waals surface area contributed by atoms with Crippen LogP contribution in [0, 0.1) is 0 Å². The van der Waals surface area contributed by atoms with Crippen molar-refractivity contribution in [2.45, 2.75) is 12.3 Å². The summed E-state index contributed by atoms with van der Waals surface area (Å²) < 4.78 is 5.30. The van der Waals surface area contributed by atoms with Crippen LogP contribution >= 0.6 is 0 Å². The number of hydrogen-bond acceptors (Lipinski definition) is 3. The van der Waals surface area contributed by atoms with Crippen molar-refractivity contribution in [3.05, 3.63) is 59.9 Å². The van der Waals surface area contributed by atoms with E-state index in [-0.39, 0.29) is 25.1 Å². The average molecular weight is 259 g/mol. The zero-order chi connectivity index (χ0) is 13.5. The summed E-state index contributed by atoms with van der Waals surface area (Å²) in [6.07, 6.45) is 2.38. The second kappa shape index (κ2) is 6.75. The SMILES string of the molecule is O=C(OC[C@H](CCO)c1ccc[nH]1)c1ccccc1. The molecule has 0 bridgehead atoms. The van der Waals surface area contributed by atoms with Gasteiger partial charge in [0.15, 0.2) is 0 Å². The number of carbonyl (C=O) groups excluding carboxylic acids is 1. The number of carbonyl (C=O) groups is 1. The number of hydrogen-bond donors (Lipinski definition) is 2. The van der Waals surface area contributed by atoms with Crippen molar-refractivity contribution in [1.29, 1.82) is 0 Å². The average Bonchev–Trinajstić information content (AvgIpc) is 2.98. The fraction of sp³-hybridized carbons (Fsp3) is 0.267. The van der Waals surface area contributed by atoms with Crippen LogP contribution in [-0.4, -0.2) is 29.3 Å². The largest absolute Gasteiger partial charge is 0.461 e. The van der Waals surface area contributed by atoms with E-state index in [1.165, 1.54) is 0 Å². The standard InChI is InChI=1S/C15H17NO3/c17-10-8-13(14-7-4-9-16-14)11-19-15(18)12-5-2-1-3-6-12/h1-7,9,13,16-17H,8,10-11H2/t13-/m0/s1. The van der Waals surface area contributed by atoms with E-state index < -0.39 is 0 Å². The van der Waals surface area contributed by atoms with E-state index in [9.17, 15) is 4.79 Å². The number of ether oxygens (including phenoxy) is 1. The first kappa shape index (κ1) is 13.4. The van der Waals surface area contributed by atoms with Gasteiger partial charge in [-0.15, -0.1) is 0 Å². The first-order chi connectivity index (χ1) is 9.31. The van der Waals surface area contributed by atoms with E-state index in [2.05, 4.69) is 4.98 Å². The molecule has 0 fully saturated rings. The fourth-order valence-electron chi connectivity index (χ4n) is 1.92. The van der Waals surface area contributed by atoms with Crippen LogP contribution in [0.5, 0.6) is 0 Å². The number of aromatic nitrogens is 1. The molecule has 19 heavy (non-hydrogen) atoms. The predicted octanol–water partition coefficient (Wildman–Crippen LogP) is 2.34. The third-order valence-corrected chi connectivity index (χ3v) is 2.96. The number of benzene rings is 1. The molecule has 2 rings (SSSR count). The monoisotopic (exact) mass is 259 g/mol. The molecular weight excluding hydrogens is 242 g/mol. The van der Waals surface area contributed by atoms with E-state index in [0.717, 1.165) is 5.69 Å². The fourth-order valence-corrected chi connectivity index (χ4v) is 1.92. The summed E-state index contributed by atoms with van der Waals surface area (Å²) in [6.45, 7) is 0.321. The number of H-pyrrole nitrogens is 1. The Hall–Kier alpha value is -2.07. The molecule has 1 heterocycles. The van der Waals surface area contributed by atoms with Crippen molar-refractivity contribution in [1.82, 2.24) is 4.98 Å². The van der Waals surface area contributed by atoms with Gasteiger partial charge in [0.2, 0.25) is 0 Å². The van der Waals surface area contributed by atoms with Gasteiger partial charge in [-0.25, -0.2) is 4.79 Å². The predicted molar refractivity (Wildman–Crippen MR) is 72.0 cm³/mol. The molecule has 0 radical (unpaired) electrons. The molecule has 4 nitrogen and oxygen atoms in total. The summed E-state index contributed by atoms with van der Waals surface area (Å²) in [5, 5.41) is 9.06. The van der Waals surface area contributed by atoms with Crippen LogP contribution in [0.3, 0.4) is 0 Å². The molecular formula is C15H17NO3. The van der Waals surface area contributed by atoms with Gasteiger partial charge < -0.3 is 14.8 Å². The van der Waals surface area contributed by atoms with Gasteiger partial charge in [0.25, 0.3) is 0 Å². The number of rotatable bonds is 6. The van der Waals surface area contributed by atoms with E-state index in [4.69, 9.17) is 9.84 Å². The maximum Gasteiger partial charge on any atom is 0.338 e. The van der Waals surface area contributed by atoms with Crippen LogP contribution in [0.4, 0.5) is 0 Å². The number of aromatic amines is 1. The zero-order valence-electron chi connectivity index (χ0n) is 10.6. The molecule has 0 amide bonds. The molecule has 2 N–H and O–H groups in total. The molecule has 4 heteroatoms. The van der Waals surface area contributed by atoms with Gasteiger partial charge in [0, 0.05) is 24.4 Å². The number of aliphatic hydroxyl groups is 1. The van der Waals surface area contributed by atoms with Crippen LogP contribution < -0.4 is 0 Å². The smallest absolute Gasteiger partial charge is 0.338 e. The van der Waals surface area contributed by atoms with Crippen LogP contribution in [0.1, 0.15) is 28.4 Å². The molecule has 1 aromatic heterocycles. The van der Waals surface area contributed by atoms with Crippen molar-refractivity contribution in [2.75, 3.05) is 13.2 Å². The molecule has 0 saturated carbocycles. The molecule has 0 aliphatic rings. The van der Waals surface area contributed by atoms with E-state index in [1.54, 1.807) is 24.3 Å². The minimum Gasteiger partial charge on any atom is -0.461 e. The van der Waals surface area contributed by atoms with Crippen LogP contribution in [0.25, 0.3) is 0 Å². The second-order valence-corrected chi connectivity index (χ2v) is 4.30. The van der Waals surface area contributed by atoms with Gasteiger partial charge in [0.05, 0.1) is 12.2 Å². The highest BCUT2D eigenvalue weighted by Crippen LogP contribution is 2.18. The number of esters is 1. The molecule has 0 aliphatic carbocycles. The third-order valence-electron chi connectivity index (χ3n) is 2.96. The lowest BCUT2D eigenvalue weighted by atomic mass is 10.0. The molecule has 2 aromatic rings. The second-order valence-electron chi connectivity index (χ2n) is 4.30. The van der Waals surface area contributed by atoms with Gasteiger partial charge in [0.1, 0.15) is 0 Å². The van der Waals surface area contributed by atoms with E-state index in [0.29, 0.717) is 12.0 Å². The molecule has 0 spiro atoms. The normalized spacial score (nSPS) is 12.1. The van der Waals surface area contributed by atoms with Gasteiger partial charge in [-0.2, -0.15) is 0 Å². The minimum absolute atomic E-state index is 0.00679. The molecule has 0 aliphatic heterocycles. The van der Waals surface area contributed by atoms with Crippen molar-refractivity contribution in [3.8, 4) is 0 Å². The van der Waals surface area contributed by atoms with Crippen LogP contribution in [0.2, 0.25) is 0 Å².